The third kappa shape index (κ3) is 7.01. The SMILES string of the molecule is COC(=O)/C=C(/CC/C=C(\[O-])OC)[P+](C)(C)C. The number of ether oxygens (including phenoxy) is 2. The molecule has 0 aliphatic rings. The average Bonchev–Trinajstić information content (AvgIpc) is 2.25. The van der Waals surface area contributed by atoms with Gasteiger partial charge in [-0.25, -0.2) is 4.79 Å². The fourth-order valence-corrected chi connectivity index (χ4v) is 2.51. The highest BCUT2D eigenvalue weighted by Gasteiger charge is 2.25. The Bertz CT molecular complexity index is 313. The lowest BCUT2D eigenvalue weighted by atomic mass is 10.3. The number of carbonyl (C=O) groups excluding carboxylic acids is 1. The second-order valence-electron chi connectivity index (χ2n) is 4.44. The molecule has 98 valence electrons. The highest BCUT2D eigenvalue weighted by molar-refractivity contribution is 7.77. The molecule has 0 rings (SSSR count). The maximum Gasteiger partial charge on any atom is 0.334 e. The molecule has 0 aliphatic carbocycles. The molecule has 0 saturated carbocycles. The molecule has 0 atom stereocenters. The van der Waals surface area contributed by atoms with Crippen LogP contribution in [0.15, 0.2) is 23.4 Å². The molecule has 17 heavy (non-hydrogen) atoms. The van der Waals surface area contributed by atoms with E-state index in [1.165, 1.54) is 20.3 Å². The lowest BCUT2D eigenvalue weighted by molar-refractivity contribution is -0.353. The summed E-state index contributed by atoms with van der Waals surface area (Å²) in [5.74, 6) is -0.678. The summed E-state index contributed by atoms with van der Waals surface area (Å²) < 4.78 is 9.15. The lowest BCUT2D eigenvalue weighted by Crippen LogP contribution is -2.05. The smallest absolute Gasteiger partial charge is 0.334 e. The molecule has 0 N–H and O–H groups in total. The summed E-state index contributed by atoms with van der Waals surface area (Å²) in [4.78, 5) is 11.2. The van der Waals surface area contributed by atoms with E-state index in [4.69, 9.17) is 0 Å². The minimum Gasteiger partial charge on any atom is -0.617 e. The second-order valence-corrected chi connectivity index (χ2v) is 9.04. The number of esters is 1. The Kier molecular flexibility index (Phi) is 6.89. The van der Waals surface area contributed by atoms with Crippen LogP contribution in [-0.4, -0.2) is 40.2 Å². The fourth-order valence-electron chi connectivity index (χ4n) is 1.22. The van der Waals surface area contributed by atoms with Crippen LogP contribution in [0, 0.1) is 0 Å². The van der Waals surface area contributed by atoms with Gasteiger partial charge in [-0.05, 0) is 13.5 Å². The molecule has 0 aliphatic heterocycles. The van der Waals surface area contributed by atoms with E-state index in [0.717, 1.165) is 5.31 Å². The maximum absolute atomic E-state index is 11.2. The van der Waals surface area contributed by atoms with Gasteiger partial charge in [0.2, 0.25) is 0 Å². The van der Waals surface area contributed by atoms with E-state index >= 15 is 0 Å². The van der Waals surface area contributed by atoms with Gasteiger partial charge in [0.05, 0.1) is 38.5 Å². The van der Waals surface area contributed by atoms with Crippen LogP contribution < -0.4 is 5.11 Å². The van der Waals surface area contributed by atoms with Gasteiger partial charge in [-0.2, -0.15) is 0 Å². The van der Waals surface area contributed by atoms with Gasteiger partial charge in [-0.1, -0.05) is 6.08 Å². The van der Waals surface area contributed by atoms with Gasteiger partial charge in [-0.15, -0.1) is 0 Å². The number of hydrogen-bond acceptors (Lipinski definition) is 4. The van der Waals surface area contributed by atoms with Crippen LogP contribution >= 0.6 is 7.26 Å². The van der Waals surface area contributed by atoms with E-state index in [2.05, 4.69) is 29.5 Å². The first-order chi connectivity index (χ1) is 7.81. The average molecular weight is 260 g/mol. The van der Waals surface area contributed by atoms with Crippen LogP contribution in [0.3, 0.4) is 0 Å². The first-order valence-electron chi connectivity index (χ1n) is 5.33. The van der Waals surface area contributed by atoms with Gasteiger partial charge >= 0.3 is 5.97 Å². The molecule has 5 heteroatoms. The third-order valence-corrected chi connectivity index (χ3v) is 4.34. The molecule has 0 spiro atoms. The first-order valence-corrected chi connectivity index (χ1v) is 8.46. The van der Waals surface area contributed by atoms with Crippen molar-refractivity contribution >= 4 is 13.2 Å². The summed E-state index contributed by atoms with van der Waals surface area (Å²) in [6, 6.07) is 0. The molecule has 0 fully saturated rings. The van der Waals surface area contributed by atoms with Gasteiger partial charge < -0.3 is 14.6 Å². The van der Waals surface area contributed by atoms with Crippen molar-refractivity contribution < 1.29 is 19.4 Å². The predicted molar refractivity (Wildman–Crippen MR) is 69.1 cm³/mol. The minimum absolute atomic E-state index is 0.338. The number of allylic oxidation sites excluding steroid dienone is 2. The summed E-state index contributed by atoms with van der Waals surface area (Å²) in [5.41, 5.74) is 0. The van der Waals surface area contributed by atoms with Gasteiger partial charge in [0.25, 0.3) is 0 Å². The van der Waals surface area contributed by atoms with Crippen LogP contribution in [0.5, 0.6) is 0 Å². The number of carbonyl (C=O) groups is 1. The molecule has 0 saturated heterocycles. The zero-order valence-corrected chi connectivity index (χ0v) is 12.0. The summed E-state index contributed by atoms with van der Waals surface area (Å²) in [6.07, 6.45) is 4.29. The minimum atomic E-state index is -1.27. The normalized spacial score (nSPS) is 13.5. The second kappa shape index (κ2) is 7.33. The Morgan fingerprint density at radius 1 is 1.24 bits per heavy atom. The van der Waals surface area contributed by atoms with Crippen molar-refractivity contribution in [1.29, 1.82) is 0 Å². The number of rotatable bonds is 6. The van der Waals surface area contributed by atoms with Crippen molar-refractivity contribution in [3.63, 3.8) is 0 Å². The third-order valence-electron chi connectivity index (χ3n) is 2.26. The van der Waals surface area contributed by atoms with E-state index in [1.807, 2.05) is 0 Å². The van der Waals surface area contributed by atoms with Crippen molar-refractivity contribution in [3.8, 4) is 0 Å². The van der Waals surface area contributed by atoms with Crippen LogP contribution in [0.25, 0.3) is 0 Å². The molecule has 0 aromatic rings. The Balaban J connectivity index is 4.64. The Morgan fingerprint density at radius 3 is 2.24 bits per heavy atom. The summed E-state index contributed by atoms with van der Waals surface area (Å²) >= 11 is 0. The fraction of sp³-hybridized carbons (Fsp3) is 0.583. The number of methoxy groups -OCH3 is 2. The summed E-state index contributed by atoms with van der Waals surface area (Å²) in [5, 5.41) is 12.0. The van der Waals surface area contributed by atoms with Crippen molar-refractivity contribution in [2.45, 2.75) is 12.8 Å². The topological polar surface area (TPSA) is 58.6 Å². The summed E-state index contributed by atoms with van der Waals surface area (Å²) in [7, 11) is 1.43. The molecule has 0 bridgehead atoms. The molecule has 0 heterocycles. The zero-order chi connectivity index (χ0) is 13.5. The molecule has 0 amide bonds. The van der Waals surface area contributed by atoms with Crippen molar-refractivity contribution in [3.05, 3.63) is 23.4 Å². The van der Waals surface area contributed by atoms with E-state index in [1.54, 1.807) is 6.08 Å². The Morgan fingerprint density at radius 2 is 1.82 bits per heavy atom. The molecule has 4 nitrogen and oxygen atoms in total. The van der Waals surface area contributed by atoms with Crippen LogP contribution in [-0.2, 0) is 14.3 Å². The Labute approximate surface area is 104 Å². The number of hydrogen-bond donors (Lipinski definition) is 0. The van der Waals surface area contributed by atoms with E-state index in [9.17, 15) is 9.90 Å². The van der Waals surface area contributed by atoms with E-state index in [0.29, 0.717) is 12.8 Å². The summed E-state index contributed by atoms with van der Waals surface area (Å²) in [6.45, 7) is 6.37. The lowest BCUT2D eigenvalue weighted by Gasteiger charge is -2.15. The van der Waals surface area contributed by atoms with Crippen LogP contribution in [0.1, 0.15) is 12.8 Å². The highest BCUT2D eigenvalue weighted by atomic mass is 31.2. The zero-order valence-electron chi connectivity index (χ0n) is 11.1. The van der Waals surface area contributed by atoms with Crippen molar-refractivity contribution in [1.82, 2.24) is 0 Å². The van der Waals surface area contributed by atoms with Gasteiger partial charge in [0, 0.05) is 19.6 Å². The first kappa shape index (κ1) is 16.0. The highest BCUT2D eigenvalue weighted by Crippen LogP contribution is 2.57. The van der Waals surface area contributed by atoms with Crippen LogP contribution in [0.4, 0.5) is 0 Å². The molecular formula is C12H21O4P. The largest absolute Gasteiger partial charge is 0.617 e. The molecule has 0 aromatic carbocycles. The monoisotopic (exact) mass is 260 g/mol. The molecular weight excluding hydrogens is 239 g/mol. The van der Waals surface area contributed by atoms with Gasteiger partial charge in [0.1, 0.15) is 0 Å². The molecule has 0 radical (unpaired) electrons. The van der Waals surface area contributed by atoms with Crippen molar-refractivity contribution in [2.75, 3.05) is 34.2 Å². The molecule has 0 aromatic heterocycles. The van der Waals surface area contributed by atoms with E-state index < -0.39 is 7.26 Å². The van der Waals surface area contributed by atoms with Gasteiger partial charge in [-0.3, -0.25) is 0 Å². The quantitative estimate of drug-likeness (QED) is 0.315. The standard InChI is InChI=1S/C12H21O4P/c1-15-11(13)8-6-7-10(17(3,4)5)9-12(14)16-2/h8-9H,6-7H2,1-5H3/b10-9-,11-8+. The van der Waals surface area contributed by atoms with Crippen LogP contribution in [0.2, 0.25) is 0 Å². The Hall–Kier alpha value is -1.02. The van der Waals surface area contributed by atoms with E-state index in [-0.39, 0.29) is 11.9 Å². The van der Waals surface area contributed by atoms with Crippen molar-refractivity contribution in [2.24, 2.45) is 0 Å². The predicted octanol–water partition coefficient (Wildman–Crippen LogP) is 1.58. The van der Waals surface area contributed by atoms with Gasteiger partial charge in [0.15, 0.2) is 0 Å². The maximum atomic E-state index is 11.2. The molecule has 0 unspecified atom stereocenters.